The molecule has 29 heavy (non-hydrogen) atoms. The second kappa shape index (κ2) is 10.4. The highest BCUT2D eigenvalue weighted by molar-refractivity contribution is 6.47. The molecule has 1 heterocycles. The van der Waals surface area contributed by atoms with Gasteiger partial charge in [0.2, 0.25) is 0 Å². The first-order valence-corrected chi connectivity index (χ1v) is 11.2. The predicted octanol–water partition coefficient (Wildman–Crippen LogP) is 3.97. The number of rotatable bonds is 9. The number of hydrogen-bond acceptors (Lipinski definition) is 5. The highest BCUT2D eigenvalue weighted by atomic mass is 16.5. The van der Waals surface area contributed by atoms with Crippen molar-refractivity contribution in [3.05, 3.63) is 29.3 Å². The van der Waals surface area contributed by atoms with E-state index in [1.807, 2.05) is 12.1 Å². The zero-order valence-corrected chi connectivity index (χ0v) is 17.8. The average molecular weight is 399 g/mol. The van der Waals surface area contributed by atoms with Crippen molar-refractivity contribution >= 4 is 18.7 Å². The van der Waals surface area contributed by atoms with Crippen molar-refractivity contribution < 1.29 is 19.3 Å². The van der Waals surface area contributed by atoms with E-state index in [-0.39, 0.29) is 17.4 Å². The molecular weight excluding hydrogens is 365 g/mol. The lowest BCUT2D eigenvalue weighted by molar-refractivity contribution is -0.120. The number of ketones is 2. The molecule has 2 aliphatic rings. The molecular formula is C23H34BNO4. The highest BCUT2D eigenvalue weighted by Gasteiger charge is 2.37. The molecule has 1 fully saturated rings. The highest BCUT2D eigenvalue weighted by Crippen LogP contribution is 2.37. The van der Waals surface area contributed by atoms with Crippen LogP contribution in [0.3, 0.4) is 0 Å². The van der Waals surface area contributed by atoms with Crippen molar-refractivity contribution in [3.63, 3.8) is 0 Å². The lowest BCUT2D eigenvalue weighted by Gasteiger charge is -2.30. The van der Waals surface area contributed by atoms with Crippen LogP contribution in [-0.2, 0) is 11.2 Å². The van der Waals surface area contributed by atoms with Crippen LogP contribution in [-0.4, -0.2) is 36.3 Å². The smallest absolute Gasteiger partial charge is 0.526 e. The normalized spacial score (nSPS) is 24.0. The molecule has 1 aliphatic carbocycles. The number of hydrogen-bond donors (Lipinski definition) is 2. The molecule has 5 nitrogen and oxygen atoms in total. The lowest BCUT2D eigenvalue weighted by atomic mass is 9.64. The van der Waals surface area contributed by atoms with E-state index in [1.165, 1.54) is 19.8 Å². The molecule has 0 spiro atoms. The van der Waals surface area contributed by atoms with Gasteiger partial charge in [-0.2, -0.15) is 0 Å². The Morgan fingerprint density at radius 2 is 1.97 bits per heavy atom. The van der Waals surface area contributed by atoms with E-state index in [0.29, 0.717) is 42.5 Å². The van der Waals surface area contributed by atoms with E-state index in [2.05, 4.69) is 12.2 Å². The maximum atomic E-state index is 12.7. The first-order chi connectivity index (χ1) is 14.0. The van der Waals surface area contributed by atoms with Gasteiger partial charge in [0, 0.05) is 24.7 Å². The molecule has 0 radical (unpaired) electrons. The van der Waals surface area contributed by atoms with Crippen molar-refractivity contribution in [2.24, 2.45) is 5.92 Å². The quantitative estimate of drug-likeness (QED) is 0.373. The molecule has 6 heteroatoms. The number of unbranched alkanes of at least 4 members (excludes halogenated alkanes) is 1. The van der Waals surface area contributed by atoms with Gasteiger partial charge in [-0.25, -0.2) is 0 Å². The molecule has 2 N–H and O–H groups in total. The zero-order valence-electron chi connectivity index (χ0n) is 17.8. The number of nitrogens with one attached hydrogen (secondary N) is 1. The third-order valence-electron chi connectivity index (χ3n) is 6.42. The molecule has 1 saturated carbocycles. The van der Waals surface area contributed by atoms with Gasteiger partial charge in [-0.15, -0.1) is 0 Å². The van der Waals surface area contributed by atoms with Gasteiger partial charge in [-0.3, -0.25) is 9.59 Å². The van der Waals surface area contributed by atoms with Gasteiger partial charge in [0.15, 0.2) is 5.78 Å². The van der Waals surface area contributed by atoms with E-state index in [1.54, 1.807) is 6.07 Å². The molecule has 0 saturated heterocycles. The predicted molar refractivity (Wildman–Crippen MR) is 115 cm³/mol. The fourth-order valence-corrected chi connectivity index (χ4v) is 4.69. The summed E-state index contributed by atoms with van der Waals surface area (Å²) >= 11 is 0. The van der Waals surface area contributed by atoms with E-state index >= 15 is 0 Å². The minimum Gasteiger partial charge on any atom is -0.535 e. The van der Waals surface area contributed by atoms with Gasteiger partial charge in [0.25, 0.3) is 0 Å². The maximum absolute atomic E-state index is 12.7. The molecule has 158 valence electrons. The van der Waals surface area contributed by atoms with Crippen molar-refractivity contribution in [2.75, 3.05) is 6.54 Å². The van der Waals surface area contributed by atoms with Crippen molar-refractivity contribution in [1.82, 2.24) is 5.32 Å². The molecule has 1 aromatic carbocycles. The molecule has 0 bridgehead atoms. The largest absolute Gasteiger partial charge is 0.535 e. The van der Waals surface area contributed by atoms with Crippen LogP contribution in [0.4, 0.5) is 0 Å². The summed E-state index contributed by atoms with van der Waals surface area (Å²) in [5, 5.41) is 14.1. The summed E-state index contributed by atoms with van der Waals surface area (Å²) in [6.07, 6.45) is 8.45. The van der Waals surface area contributed by atoms with Gasteiger partial charge in [0.1, 0.15) is 11.5 Å². The molecule has 0 aromatic heterocycles. The number of para-hydroxylation sites is 1. The molecule has 1 atom stereocenters. The number of benzene rings is 1. The number of Topliss-reactive ketones (excluding diaryl/α,β-unsaturated/α-hetero) is 2. The molecule has 1 aliphatic heterocycles. The average Bonchev–Trinajstić information content (AvgIpc) is 2.69. The second-order valence-corrected chi connectivity index (χ2v) is 8.79. The lowest BCUT2D eigenvalue weighted by Crippen LogP contribution is -2.36. The molecule has 3 rings (SSSR count). The Morgan fingerprint density at radius 3 is 2.66 bits per heavy atom. The summed E-state index contributed by atoms with van der Waals surface area (Å²) in [6, 6.07) is 6.07. The van der Waals surface area contributed by atoms with Crippen molar-refractivity contribution in [2.45, 2.75) is 83.5 Å². The van der Waals surface area contributed by atoms with Gasteiger partial charge in [-0.05, 0) is 69.5 Å². The van der Waals surface area contributed by atoms with Crippen molar-refractivity contribution in [1.29, 1.82) is 0 Å². The Balaban J connectivity index is 1.48. The van der Waals surface area contributed by atoms with Gasteiger partial charge < -0.3 is 15.0 Å². The summed E-state index contributed by atoms with van der Waals surface area (Å²) in [7, 11) is -1.04. The maximum Gasteiger partial charge on any atom is 0.526 e. The Hall–Kier alpha value is -1.66. The Bertz CT molecular complexity index is 715. The fourth-order valence-electron chi connectivity index (χ4n) is 4.69. The van der Waals surface area contributed by atoms with Crippen LogP contribution in [0, 0.1) is 5.92 Å². The Morgan fingerprint density at radius 1 is 1.21 bits per heavy atom. The van der Waals surface area contributed by atoms with Crippen LogP contribution in [0.15, 0.2) is 18.2 Å². The van der Waals surface area contributed by atoms with E-state index in [9.17, 15) is 14.6 Å². The third-order valence-corrected chi connectivity index (χ3v) is 6.42. The van der Waals surface area contributed by atoms with E-state index in [0.717, 1.165) is 37.8 Å². The van der Waals surface area contributed by atoms with Crippen LogP contribution in [0.5, 0.6) is 5.75 Å². The van der Waals surface area contributed by atoms with E-state index in [4.69, 9.17) is 4.65 Å². The molecule has 0 amide bonds. The Kier molecular flexibility index (Phi) is 7.90. The summed E-state index contributed by atoms with van der Waals surface area (Å²) in [6.45, 7) is 4.80. The van der Waals surface area contributed by atoms with Crippen LogP contribution >= 0.6 is 0 Å². The van der Waals surface area contributed by atoms with Crippen LogP contribution in [0.1, 0.15) is 81.1 Å². The first-order valence-electron chi connectivity index (χ1n) is 11.2. The first kappa shape index (κ1) is 22.0. The standard InChI is InChI=1S/C23H34BNO4/c1-3-4-12-25-20-10-8-17(9-11-20)13-21(27)15-19-14-18-6-5-7-22(16(2)26)23(18)29-24(19)28/h5-7,17,19-20,25,28H,3-4,8-15H2,1-2H3/t17?,19-,20?/m1/s1. The second-order valence-electron chi connectivity index (χ2n) is 8.79. The monoisotopic (exact) mass is 399 g/mol. The minimum absolute atomic E-state index is 0.0802. The summed E-state index contributed by atoms with van der Waals surface area (Å²) in [5.74, 6) is 0.828. The number of fused-ring (bicyclic) bond motifs is 1. The van der Waals surface area contributed by atoms with Gasteiger partial charge >= 0.3 is 7.12 Å². The van der Waals surface area contributed by atoms with Gasteiger partial charge in [-0.1, -0.05) is 25.5 Å². The number of carbonyl (C=O) groups is 2. The zero-order chi connectivity index (χ0) is 20.8. The third kappa shape index (κ3) is 5.92. The van der Waals surface area contributed by atoms with E-state index < -0.39 is 7.12 Å². The topological polar surface area (TPSA) is 75.6 Å². The number of carbonyl (C=O) groups excluding carboxylic acids is 2. The van der Waals surface area contributed by atoms with Crippen molar-refractivity contribution in [3.8, 4) is 5.75 Å². The van der Waals surface area contributed by atoms with Crippen LogP contribution < -0.4 is 9.97 Å². The van der Waals surface area contributed by atoms with Crippen LogP contribution in [0.25, 0.3) is 0 Å². The summed E-state index contributed by atoms with van der Waals surface area (Å²) in [4.78, 5) is 24.4. The summed E-state index contributed by atoms with van der Waals surface area (Å²) < 4.78 is 5.66. The minimum atomic E-state index is -1.04. The fraction of sp³-hybridized carbons (Fsp3) is 0.652. The molecule has 1 aromatic rings. The SMILES string of the molecule is CCCCNC1CCC(CC(=O)C[C@H]2Cc3cccc(C(C)=O)c3OB2O)CC1. The van der Waals surface area contributed by atoms with Gasteiger partial charge in [0.05, 0.1) is 5.56 Å². The van der Waals surface area contributed by atoms with Crippen LogP contribution in [0.2, 0.25) is 5.82 Å². The summed E-state index contributed by atoms with van der Waals surface area (Å²) in [5.41, 5.74) is 1.40. The molecule has 0 unspecified atom stereocenters. The Labute approximate surface area is 174 Å².